The molecule has 2 aliphatic heterocycles. The van der Waals surface area contributed by atoms with E-state index in [0.717, 1.165) is 77.0 Å². The first-order chi connectivity index (χ1) is 35.6. The van der Waals surface area contributed by atoms with Gasteiger partial charge < -0.3 is 65.1 Å². The molecule has 0 aromatic carbocycles. The lowest BCUT2D eigenvalue weighted by molar-refractivity contribution is -0.359. The van der Waals surface area contributed by atoms with Crippen molar-refractivity contribution in [3.05, 3.63) is 122 Å². The zero-order valence-electron chi connectivity index (χ0n) is 44.1. The van der Waals surface area contributed by atoms with Crippen molar-refractivity contribution in [2.45, 2.75) is 222 Å². The lowest BCUT2D eigenvalue weighted by Gasteiger charge is -2.46. The third-order valence-corrected chi connectivity index (χ3v) is 12.4. The average Bonchev–Trinajstić information content (AvgIpc) is 3.39. The lowest BCUT2D eigenvalue weighted by Crippen LogP contribution is -2.65. The molecular weight excluding hydrogens is 931 g/mol. The largest absolute Gasteiger partial charge is 0.394 e. The highest BCUT2D eigenvalue weighted by Gasteiger charge is 2.51. The van der Waals surface area contributed by atoms with Crippen LogP contribution >= 0.6 is 0 Å². The van der Waals surface area contributed by atoms with E-state index in [1.807, 2.05) is 6.08 Å². The number of allylic oxidation sites excluding steroid dienone is 19. The molecular formula is C59H95NO13. The lowest BCUT2D eigenvalue weighted by atomic mass is 9.97. The van der Waals surface area contributed by atoms with Gasteiger partial charge in [-0.25, -0.2) is 0 Å². The molecule has 2 aliphatic rings. The standard InChI is InChI=1S/C59H95NO13/c1-3-5-7-9-11-13-15-17-18-19-20-21-22-23-24-25-26-27-28-29-30-31-33-35-37-39-41-43-51(64)60-47(48(63)42-40-38-36-34-32-16-14-12-10-8-6-4-2)46-70-58-56(69)54(67)57(50(45-62)72-58)73-59-55(68)53(66)52(65)49(44-61)71-59/h5,7,11,13,17-18,20-21,23-24,26-27,29-30,32-35,40,42,47-50,52-59,61-63,65-69H,3-4,6,8-10,12,14-16,19,22,25,28,31,36-39,41,43-46H2,1-2H3,(H,60,64)/b7-5-,13-11-,18-17-,21-20-,24-23-,27-26-,30-29-,34-32+,35-33-,42-40+. The average molecular weight is 1030 g/mol. The van der Waals surface area contributed by atoms with Crippen LogP contribution in [0.5, 0.6) is 0 Å². The molecule has 414 valence electrons. The van der Waals surface area contributed by atoms with E-state index >= 15 is 0 Å². The molecule has 12 atom stereocenters. The number of unbranched alkanes of at least 4 members (excludes halogenated alkanes) is 9. The van der Waals surface area contributed by atoms with Gasteiger partial charge in [-0.05, 0) is 96.3 Å². The van der Waals surface area contributed by atoms with E-state index in [4.69, 9.17) is 18.9 Å². The van der Waals surface area contributed by atoms with E-state index in [2.05, 4.69) is 129 Å². The second-order valence-corrected chi connectivity index (χ2v) is 18.6. The molecule has 0 bridgehead atoms. The van der Waals surface area contributed by atoms with Crippen LogP contribution in [-0.4, -0.2) is 140 Å². The van der Waals surface area contributed by atoms with Crippen LogP contribution in [0.4, 0.5) is 0 Å². The summed E-state index contributed by atoms with van der Waals surface area (Å²) in [5.41, 5.74) is 0. The number of amides is 1. The zero-order valence-corrected chi connectivity index (χ0v) is 44.1. The van der Waals surface area contributed by atoms with Crippen molar-refractivity contribution in [2.75, 3.05) is 19.8 Å². The Bertz CT molecular complexity index is 1680. The van der Waals surface area contributed by atoms with Gasteiger partial charge in [0.25, 0.3) is 0 Å². The topological polar surface area (TPSA) is 228 Å². The number of nitrogens with one attached hydrogen (secondary N) is 1. The molecule has 2 heterocycles. The zero-order chi connectivity index (χ0) is 53.2. The van der Waals surface area contributed by atoms with Gasteiger partial charge in [0.05, 0.1) is 32.0 Å². The number of aliphatic hydroxyl groups excluding tert-OH is 8. The maximum Gasteiger partial charge on any atom is 0.220 e. The minimum atomic E-state index is -1.80. The Hall–Kier alpha value is -3.61. The number of carbonyl (C=O) groups is 1. The quantitative estimate of drug-likeness (QED) is 0.0208. The monoisotopic (exact) mass is 1030 g/mol. The molecule has 14 nitrogen and oxygen atoms in total. The molecule has 14 heteroatoms. The predicted octanol–water partition coefficient (Wildman–Crippen LogP) is 8.27. The van der Waals surface area contributed by atoms with E-state index < -0.39 is 86.8 Å². The fourth-order valence-electron chi connectivity index (χ4n) is 7.97. The molecule has 0 aromatic rings. The smallest absolute Gasteiger partial charge is 0.220 e. The Kier molecular flexibility index (Phi) is 39.1. The maximum atomic E-state index is 13.2. The van der Waals surface area contributed by atoms with E-state index in [1.165, 1.54) is 38.5 Å². The Morgan fingerprint density at radius 1 is 0.507 bits per heavy atom. The number of ether oxygens (including phenoxy) is 4. The van der Waals surface area contributed by atoms with Crippen molar-refractivity contribution in [2.24, 2.45) is 0 Å². The second kappa shape index (κ2) is 43.6. The summed E-state index contributed by atoms with van der Waals surface area (Å²) in [6.45, 7) is 2.57. The normalized spacial score (nSPS) is 26.4. The summed E-state index contributed by atoms with van der Waals surface area (Å²) in [5.74, 6) is -0.300. The summed E-state index contributed by atoms with van der Waals surface area (Å²) in [6, 6.07) is -0.963. The van der Waals surface area contributed by atoms with Crippen LogP contribution < -0.4 is 5.32 Å². The molecule has 0 aliphatic carbocycles. The Balaban J connectivity index is 1.81. The third kappa shape index (κ3) is 29.9. The summed E-state index contributed by atoms with van der Waals surface area (Å²) < 4.78 is 22.6. The number of hydrogen-bond donors (Lipinski definition) is 9. The summed E-state index contributed by atoms with van der Waals surface area (Å²) in [4.78, 5) is 13.2. The molecule has 1 amide bonds. The highest BCUT2D eigenvalue weighted by molar-refractivity contribution is 5.76. The Morgan fingerprint density at radius 2 is 0.959 bits per heavy atom. The molecule has 2 rings (SSSR count). The second-order valence-electron chi connectivity index (χ2n) is 18.6. The molecule has 9 N–H and O–H groups in total. The molecule has 0 radical (unpaired) electrons. The third-order valence-electron chi connectivity index (χ3n) is 12.4. The van der Waals surface area contributed by atoms with Gasteiger partial charge in [-0.2, -0.15) is 0 Å². The van der Waals surface area contributed by atoms with Gasteiger partial charge in [-0.3, -0.25) is 4.79 Å². The summed E-state index contributed by atoms with van der Waals surface area (Å²) in [6.07, 6.45) is 45.3. The molecule has 2 fully saturated rings. The summed E-state index contributed by atoms with van der Waals surface area (Å²) in [7, 11) is 0. The van der Waals surface area contributed by atoms with Crippen LogP contribution in [0.25, 0.3) is 0 Å². The fourth-order valence-corrected chi connectivity index (χ4v) is 7.97. The van der Waals surface area contributed by atoms with Gasteiger partial charge in [0.2, 0.25) is 5.91 Å². The highest BCUT2D eigenvalue weighted by atomic mass is 16.7. The van der Waals surface area contributed by atoms with Gasteiger partial charge >= 0.3 is 0 Å². The van der Waals surface area contributed by atoms with Crippen LogP contribution in [0.1, 0.15) is 149 Å². The number of carbonyl (C=O) groups excluding carboxylic acids is 1. The van der Waals surface area contributed by atoms with E-state index in [0.29, 0.717) is 12.8 Å². The first kappa shape index (κ1) is 65.5. The van der Waals surface area contributed by atoms with Crippen molar-refractivity contribution >= 4 is 5.91 Å². The van der Waals surface area contributed by atoms with E-state index in [9.17, 15) is 45.6 Å². The van der Waals surface area contributed by atoms with Crippen molar-refractivity contribution in [1.82, 2.24) is 5.32 Å². The van der Waals surface area contributed by atoms with Crippen LogP contribution in [0.15, 0.2) is 122 Å². The maximum absolute atomic E-state index is 13.2. The Labute approximate surface area is 438 Å². The SMILES string of the molecule is CC/C=C\C/C=C\C/C=C\C/C=C\C/C=C\C/C=C\C/C=C\C/C=C\CCCCC(=O)NC(COC1OC(CO)C(OC2OC(CO)C(O)C(O)C2O)C(O)C1O)C(O)/C=C/CC/C=C/CCCCCCCC. The van der Waals surface area contributed by atoms with Crippen LogP contribution in [0.2, 0.25) is 0 Å². The molecule has 12 unspecified atom stereocenters. The number of rotatable bonds is 40. The fraction of sp³-hybridized carbons (Fsp3) is 0.644. The molecule has 73 heavy (non-hydrogen) atoms. The van der Waals surface area contributed by atoms with Gasteiger partial charge in [0.15, 0.2) is 12.6 Å². The first-order valence-corrected chi connectivity index (χ1v) is 27.3. The van der Waals surface area contributed by atoms with Gasteiger partial charge in [-0.1, -0.05) is 167 Å². The first-order valence-electron chi connectivity index (χ1n) is 27.3. The molecule has 2 saturated heterocycles. The van der Waals surface area contributed by atoms with Crippen molar-refractivity contribution in [3.8, 4) is 0 Å². The summed E-state index contributed by atoms with van der Waals surface area (Å²) >= 11 is 0. The van der Waals surface area contributed by atoms with E-state index in [1.54, 1.807) is 6.08 Å². The minimum Gasteiger partial charge on any atom is -0.394 e. The number of hydrogen-bond acceptors (Lipinski definition) is 13. The molecule has 0 aromatic heterocycles. The van der Waals surface area contributed by atoms with Crippen molar-refractivity contribution in [3.63, 3.8) is 0 Å². The van der Waals surface area contributed by atoms with Crippen LogP contribution in [0.3, 0.4) is 0 Å². The van der Waals surface area contributed by atoms with Crippen LogP contribution in [-0.2, 0) is 23.7 Å². The molecule has 0 saturated carbocycles. The number of aliphatic hydroxyl groups is 8. The minimum absolute atomic E-state index is 0.209. The highest BCUT2D eigenvalue weighted by Crippen LogP contribution is 2.30. The van der Waals surface area contributed by atoms with Gasteiger partial charge in [-0.15, -0.1) is 0 Å². The summed E-state index contributed by atoms with van der Waals surface area (Å²) in [5, 5.41) is 86.7. The molecule has 0 spiro atoms. The van der Waals surface area contributed by atoms with Gasteiger partial charge in [0, 0.05) is 6.42 Å². The predicted molar refractivity (Wildman–Crippen MR) is 290 cm³/mol. The Morgan fingerprint density at radius 3 is 1.51 bits per heavy atom. The van der Waals surface area contributed by atoms with Crippen molar-refractivity contribution < 1.29 is 64.6 Å². The van der Waals surface area contributed by atoms with Crippen molar-refractivity contribution in [1.29, 1.82) is 0 Å². The van der Waals surface area contributed by atoms with Crippen LogP contribution in [0, 0.1) is 0 Å². The van der Waals surface area contributed by atoms with E-state index in [-0.39, 0.29) is 18.9 Å². The van der Waals surface area contributed by atoms with Gasteiger partial charge in [0.1, 0.15) is 48.8 Å².